The Morgan fingerprint density at radius 2 is 2.16 bits per heavy atom. The van der Waals surface area contributed by atoms with E-state index in [4.69, 9.17) is 4.98 Å². The van der Waals surface area contributed by atoms with Crippen LogP contribution in [0.15, 0.2) is 22.7 Å². The number of para-hydroxylation sites is 1. The molecule has 4 rings (SSSR count). The van der Waals surface area contributed by atoms with Crippen molar-refractivity contribution in [3.8, 4) is 5.69 Å². The van der Waals surface area contributed by atoms with Gasteiger partial charge in [-0.15, -0.1) is 0 Å². The normalized spacial score (nSPS) is 18.4. The van der Waals surface area contributed by atoms with E-state index in [1.54, 1.807) is 0 Å². The largest absolute Gasteiger partial charge is 0.359 e. The highest BCUT2D eigenvalue weighted by atomic mass is 79.9. The average Bonchev–Trinajstić information content (AvgIpc) is 3.08. The molecule has 4 nitrogen and oxygen atoms in total. The summed E-state index contributed by atoms with van der Waals surface area (Å²) in [6.07, 6.45) is 3.20. The summed E-state index contributed by atoms with van der Waals surface area (Å²) in [4.78, 5) is 7.13. The van der Waals surface area contributed by atoms with Crippen molar-refractivity contribution in [2.45, 2.75) is 31.7 Å². The topological polar surface area (TPSA) is 34.0 Å². The Hall–Kier alpha value is -1.36. The Morgan fingerprint density at radius 3 is 2.84 bits per heavy atom. The maximum Gasteiger partial charge on any atom is 0.158 e. The lowest BCUT2D eigenvalue weighted by Gasteiger charge is -2.36. The predicted octanol–water partition coefficient (Wildman–Crippen LogP) is 3.03. The first kappa shape index (κ1) is 11.5. The molecule has 1 spiro atoms. The SMILES string of the molecule is CCc1nc2n(n1)-c1cccc(Br)c1N(C)C21CC1. The van der Waals surface area contributed by atoms with Crippen LogP contribution in [0.5, 0.6) is 0 Å². The number of aryl methyl sites for hydroxylation is 1. The highest BCUT2D eigenvalue weighted by molar-refractivity contribution is 9.10. The summed E-state index contributed by atoms with van der Waals surface area (Å²) in [5, 5.41) is 4.68. The number of anilines is 1. The van der Waals surface area contributed by atoms with Gasteiger partial charge in [-0.05, 0) is 40.9 Å². The second-order valence-corrected chi connectivity index (χ2v) is 6.17. The third kappa shape index (κ3) is 1.34. The van der Waals surface area contributed by atoms with Gasteiger partial charge in [0.05, 0.1) is 11.4 Å². The minimum atomic E-state index is 0.0668. The smallest absolute Gasteiger partial charge is 0.158 e. The first-order valence-corrected chi connectivity index (χ1v) is 7.46. The van der Waals surface area contributed by atoms with E-state index in [9.17, 15) is 0 Å². The standard InChI is InChI=1S/C14H15BrN4/c1-3-11-16-13-14(7-8-14)18(2)12-9(15)5-4-6-10(12)19(13)17-11/h4-6H,3,7-8H2,1-2H3. The Bertz CT molecular complexity index is 672. The molecular formula is C14H15BrN4. The number of fused-ring (bicyclic) bond motifs is 4. The molecule has 0 radical (unpaired) electrons. The number of hydrogen-bond acceptors (Lipinski definition) is 3. The third-order valence-corrected chi connectivity index (χ3v) is 4.92. The molecule has 0 unspecified atom stereocenters. The number of aromatic nitrogens is 3. The van der Waals surface area contributed by atoms with Crippen LogP contribution in [0.25, 0.3) is 5.69 Å². The number of benzene rings is 1. The van der Waals surface area contributed by atoms with Gasteiger partial charge < -0.3 is 4.90 Å². The fourth-order valence-electron chi connectivity index (χ4n) is 3.02. The van der Waals surface area contributed by atoms with Crippen molar-refractivity contribution in [1.29, 1.82) is 0 Å². The van der Waals surface area contributed by atoms with E-state index in [1.165, 1.54) is 5.69 Å². The van der Waals surface area contributed by atoms with E-state index in [0.29, 0.717) is 0 Å². The van der Waals surface area contributed by atoms with E-state index < -0.39 is 0 Å². The molecule has 1 aromatic heterocycles. The Labute approximate surface area is 120 Å². The van der Waals surface area contributed by atoms with Gasteiger partial charge in [-0.25, -0.2) is 9.67 Å². The molecule has 2 heterocycles. The highest BCUT2D eigenvalue weighted by Gasteiger charge is 2.55. The van der Waals surface area contributed by atoms with Crippen LogP contribution in [0.4, 0.5) is 5.69 Å². The van der Waals surface area contributed by atoms with Gasteiger partial charge in [0.1, 0.15) is 5.54 Å². The lowest BCUT2D eigenvalue weighted by molar-refractivity contribution is 0.570. The molecular weight excluding hydrogens is 304 g/mol. The zero-order chi connectivity index (χ0) is 13.2. The van der Waals surface area contributed by atoms with Gasteiger partial charge in [-0.1, -0.05) is 13.0 Å². The quantitative estimate of drug-likeness (QED) is 0.810. The van der Waals surface area contributed by atoms with E-state index in [0.717, 1.165) is 41.1 Å². The summed E-state index contributed by atoms with van der Waals surface area (Å²) >= 11 is 3.67. The Balaban J connectivity index is 2.05. The van der Waals surface area contributed by atoms with Crippen LogP contribution >= 0.6 is 15.9 Å². The summed E-state index contributed by atoms with van der Waals surface area (Å²) < 4.78 is 3.17. The zero-order valence-electron chi connectivity index (χ0n) is 11.0. The van der Waals surface area contributed by atoms with Crippen LogP contribution in [0.1, 0.15) is 31.4 Å². The highest BCUT2D eigenvalue weighted by Crippen LogP contribution is 2.56. The molecule has 0 bridgehead atoms. The maximum absolute atomic E-state index is 4.76. The average molecular weight is 319 g/mol. The van der Waals surface area contributed by atoms with Crippen LogP contribution < -0.4 is 4.90 Å². The zero-order valence-corrected chi connectivity index (χ0v) is 12.6. The van der Waals surface area contributed by atoms with Crippen molar-refractivity contribution < 1.29 is 0 Å². The Morgan fingerprint density at radius 1 is 1.37 bits per heavy atom. The molecule has 1 saturated carbocycles. The molecule has 1 aliphatic heterocycles. The van der Waals surface area contributed by atoms with Gasteiger partial charge >= 0.3 is 0 Å². The summed E-state index contributed by atoms with van der Waals surface area (Å²) in [7, 11) is 2.17. The number of rotatable bonds is 1. The van der Waals surface area contributed by atoms with Crippen LogP contribution in [0.2, 0.25) is 0 Å². The summed E-state index contributed by atoms with van der Waals surface area (Å²) in [6, 6.07) is 6.26. The molecule has 0 saturated heterocycles. The van der Waals surface area contributed by atoms with Crippen LogP contribution in [-0.4, -0.2) is 21.8 Å². The number of halogens is 1. The number of nitrogens with zero attached hydrogens (tertiary/aromatic N) is 4. The molecule has 0 amide bonds. The second-order valence-electron chi connectivity index (χ2n) is 5.32. The summed E-state index contributed by atoms with van der Waals surface area (Å²) in [5.74, 6) is 2.04. The van der Waals surface area contributed by atoms with Crippen molar-refractivity contribution in [3.63, 3.8) is 0 Å². The van der Waals surface area contributed by atoms with E-state index in [2.05, 4.69) is 58.1 Å². The third-order valence-electron chi connectivity index (χ3n) is 4.28. The van der Waals surface area contributed by atoms with Crippen molar-refractivity contribution >= 4 is 21.6 Å². The monoisotopic (exact) mass is 318 g/mol. The first-order chi connectivity index (χ1) is 9.17. The summed E-state index contributed by atoms with van der Waals surface area (Å²) in [6.45, 7) is 2.10. The second kappa shape index (κ2) is 3.60. The van der Waals surface area contributed by atoms with E-state index >= 15 is 0 Å². The van der Waals surface area contributed by atoms with E-state index in [-0.39, 0.29) is 5.54 Å². The fourth-order valence-corrected chi connectivity index (χ4v) is 3.64. The van der Waals surface area contributed by atoms with Crippen molar-refractivity contribution in [2.75, 3.05) is 11.9 Å². The lowest BCUT2D eigenvalue weighted by Crippen LogP contribution is -2.38. The molecule has 0 N–H and O–H groups in total. The van der Waals surface area contributed by atoms with Gasteiger partial charge in [-0.3, -0.25) is 0 Å². The van der Waals surface area contributed by atoms with Gasteiger partial charge in [0.25, 0.3) is 0 Å². The molecule has 98 valence electrons. The minimum Gasteiger partial charge on any atom is -0.359 e. The molecule has 2 aromatic rings. The van der Waals surface area contributed by atoms with Crippen molar-refractivity contribution in [3.05, 3.63) is 34.3 Å². The first-order valence-electron chi connectivity index (χ1n) is 6.66. The molecule has 19 heavy (non-hydrogen) atoms. The van der Waals surface area contributed by atoms with E-state index in [1.807, 2.05) is 4.68 Å². The van der Waals surface area contributed by atoms with Crippen LogP contribution in [-0.2, 0) is 12.0 Å². The number of hydrogen-bond donors (Lipinski definition) is 0. The molecule has 0 atom stereocenters. The molecule has 1 fully saturated rings. The Kier molecular flexibility index (Phi) is 2.17. The lowest BCUT2D eigenvalue weighted by atomic mass is 10.1. The molecule has 2 aliphatic rings. The molecule has 1 aromatic carbocycles. The van der Waals surface area contributed by atoms with Gasteiger partial charge in [-0.2, -0.15) is 5.10 Å². The van der Waals surface area contributed by atoms with Gasteiger partial charge in [0.2, 0.25) is 0 Å². The molecule has 1 aliphatic carbocycles. The fraction of sp³-hybridized carbons (Fsp3) is 0.429. The van der Waals surface area contributed by atoms with Crippen molar-refractivity contribution in [1.82, 2.24) is 14.8 Å². The maximum atomic E-state index is 4.76. The van der Waals surface area contributed by atoms with Crippen molar-refractivity contribution in [2.24, 2.45) is 0 Å². The minimum absolute atomic E-state index is 0.0668. The van der Waals surface area contributed by atoms with Gasteiger partial charge in [0, 0.05) is 17.9 Å². The molecule has 5 heteroatoms. The van der Waals surface area contributed by atoms with Crippen LogP contribution in [0, 0.1) is 0 Å². The van der Waals surface area contributed by atoms with Crippen LogP contribution in [0.3, 0.4) is 0 Å². The summed E-state index contributed by atoms with van der Waals surface area (Å²) in [5.41, 5.74) is 2.41. The van der Waals surface area contributed by atoms with Gasteiger partial charge in [0.15, 0.2) is 11.6 Å². The predicted molar refractivity (Wildman–Crippen MR) is 77.8 cm³/mol.